The highest BCUT2D eigenvalue weighted by Gasteiger charge is 2.19. The van der Waals surface area contributed by atoms with Crippen molar-refractivity contribution in [3.8, 4) is 0 Å². The molecule has 29 heavy (non-hydrogen) atoms. The lowest BCUT2D eigenvalue weighted by atomic mass is 10.0. The van der Waals surface area contributed by atoms with Gasteiger partial charge in [-0.25, -0.2) is 0 Å². The number of carbonyl (C=O) groups excluding carboxylic acids is 4. The van der Waals surface area contributed by atoms with E-state index in [0.29, 0.717) is 11.1 Å². The van der Waals surface area contributed by atoms with Gasteiger partial charge in [-0.2, -0.15) is 0 Å². The predicted octanol–water partition coefficient (Wildman–Crippen LogP) is 2.66. The molecule has 152 valence electrons. The van der Waals surface area contributed by atoms with Crippen LogP contribution >= 0.6 is 0 Å². The zero-order valence-electron chi connectivity index (χ0n) is 16.7. The largest absolute Gasteiger partial charge is 0.452 e. The first-order valence-electron chi connectivity index (χ1n) is 9.23. The number of carbonyl (C=O) groups is 4. The van der Waals surface area contributed by atoms with Gasteiger partial charge in [0.2, 0.25) is 0 Å². The molecular formula is C22H24N2O5. The molecule has 7 heteroatoms. The first-order valence-corrected chi connectivity index (χ1v) is 9.23. The summed E-state index contributed by atoms with van der Waals surface area (Å²) in [6.07, 6.45) is -1.27. The van der Waals surface area contributed by atoms with Crippen LogP contribution in [0.2, 0.25) is 0 Å². The summed E-state index contributed by atoms with van der Waals surface area (Å²) in [6, 6.07) is 13.7. The second-order valence-electron chi connectivity index (χ2n) is 6.66. The van der Waals surface area contributed by atoms with Crippen LogP contribution in [-0.4, -0.2) is 29.7 Å². The summed E-state index contributed by atoms with van der Waals surface area (Å²) < 4.78 is 5.02. The Bertz CT molecular complexity index is 909. The van der Waals surface area contributed by atoms with E-state index in [-0.39, 0.29) is 18.6 Å². The summed E-state index contributed by atoms with van der Waals surface area (Å²) in [7, 11) is 0. The third-order valence-corrected chi connectivity index (χ3v) is 4.40. The van der Waals surface area contributed by atoms with E-state index in [4.69, 9.17) is 4.74 Å². The first-order chi connectivity index (χ1) is 13.8. The zero-order valence-corrected chi connectivity index (χ0v) is 16.7. The molecule has 2 aromatic carbocycles. The van der Waals surface area contributed by atoms with Crippen LogP contribution in [0.1, 0.15) is 51.6 Å². The van der Waals surface area contributed by atoms with Crippen molar-refractivity contribution in [1.82, 2.24) is 10.9 Å². The summed E-state index contributed by atoms with van der Waals surface area (Å²) in [5, 5.41) is 0. The number of esters is 1. The molecule has 0 aliphatic rings. The number of ether oxygens (including phenoxy) is 1. The van der Waals surface area contributed by atoms with E-state index in [2.05, 4.69) is 10.9 Å². The SMILES string of the molecule is Cc1ccc(C(=O)CCC(=O)O[C@@H](C)C(=O)NNC(=O)c2ccccc2)cc1C. The van der Waals surface area contributed by atoms with Crippen LogP contribution in [0, 0.1) is 13.8 Å². The van der Waals surface area contributed by atoms with Crippen LogP contribution in [-0.2, 0) is 14.3 Å². The van der Waals surface area contributed by atoms with Crippen molar-refractivity contribution < 1.29 is 23.9 Å². The molecule has 0 spiro atoms. The highest BCUT2D eigenvalue weighted by molar-refractivity contribution is 5.98. The monoisotopic (exact) mass is 396 g/mol. The van der Waals surface area contributed by atoms with E-state index in [1.54, 1.807) is 42.5 Å². The van der Waals surface area contributed by atoms with Crippen molar-refractivity contribution >= 4 is 23.6 Å². The van der Waals surface area contributed by atoms with Crippen LogP contribution in [0.25, 0.3) is 0 Å². The van der Waals surface area contributed by atoms with Gasteiger partial charge in [0, 0.05) is 17.5 Å². The molecule has 0 aliphatic carbocycles. The van der Waals surface area contributed by atoms with Crippen molar-refractivity contribution in [3.05, 3.63) is 70.8 Å². The van der Waals surface area contributed by atoms with E-state index in [1.807, 2.05) is 19.9 Å². The molecule has 7 nitrogen and oxygen atoms in total. The van der Waals surface area contributed by atoms with Crippen molar-refractivity contribution in [1.29, 1.82) is 0 Å². The molecule has 2 aromatic rings. The number of ketones is 1. The lowest BCUT2D eigenvalue weighted by molar-refractivity contribution is -0.155. The zero-order chi connectivity index (χ0) is 21.4. The van der Waals surface area contributed by atoms with Crippen LogP contribution < -0.4 is 10.9 Å². The van der Waals surface area contributed by atoms with E-state index >= 15 is 0 Å². The third-order valence-electron chi connectivity index (χ3n) is 4.40. The quantitative estimate of drug-likeness (QED) is 0.426. The maximum Gasteiger partial charge on any atom is 0.307 e. The van der Waals surface area contributed by atoms with Gasteiger partial charge in [0.25, 0.3) is 11.8 Å². The van der Waals surface area contributed by atoms with Crippen LogP contribution in [0.4, 0.5) is 0 Å². The topological polar surface area (TPSA) is 102 Å². The number of rotatable bonds is 7. The predicted molar refractivity (Wildman–Crippen MR) is 107 cm³/mol. The molecule has 2 N–H and O–H groups in total. The number of amides is 2. The number of nitrogens with one attached hydrogen (secondary N) is 2. The fourth-order valence-corrected chi connectivity index (χ4v) is 2.47. The van der Waals surface area contributed by atoms with Crippen molar-refractivity contribution in [2.75, 3.05) is 0 Å². The molecule has 0 aromatic heterocycles. The summed E-state index contributed by atoms with van der Waals surface area (Å²) in [5.74, 6) is -2.00. The maximum absolute atomic E-state index is 12.2. The molecule has 1 atom stereocenters. The average Bonchev–Trinajstić information content (AvgIpc) is 2.72. The Balaban J connectivity index is 1.76. The van der Waals surface area contributed by atoms with Gasteiger partial charge in [0.05, 0.1) is 6.42 Å². The van der Waals surface area contributed by atoms with Gasteiger partial charge in [0.1, 0.15) is 0 Å². The Hall–Kier alpha value is -3.48. The molecule has 0 saturated heterocycles. The van der Waals surface area contributed by atoms with E-state index < -0.39 is 23.9 Å². The van der Waals surface area contributed by atoms with Crippen LogP contribution in [0.5, 0.6) is 0 Å². The van der Waals surface area contributed by atoms with Gasteiger partial charge in [-0.05, 0) is 50.1 Å². The van der Waals surface area contributed by atoms with Gasteiger partial charge >= 0.3 is 5.97 Å². The third kappa shape index (κ3) is 6.57. The molecule has 0 heterocycles. The van der Waals surface area contributed by atoms with Crippen molar-refractivity contribution in [3.63, 3.8) is 0 Å². The Morgan fingerprint density at radius 2 is 1.55 bits per heavy atom. The Morgan fingerprint density at radius 3 is 2.21 bits per heavy atom. The van der Waals surface area contributed by atoms with E-state index in [0.717, 1.165) is 11.1 Å². The molecule has 0 saturated carbocycles. The smallest absolute Gasteiger partial charge is 0.307 e. The molecular weight excluding hydrogens is 372 g/mol. The number of aryl methyl sites for hydroxylation is 2. The van der Waals surface area contributed by atoms with Gasteiger partial charge < -0.3 is 4.74 Å². The standard InChI is InChI=1S/C22H24N2O5/c1-14-9-10-18(13-15(14)2)19(25)11-12-20(26)29-16(3)21(27)23-24-22(28)17-7-5-4-6-8-17/h4-10,13,16H,11-12H2,1-3H3,(H,23,27)(H,24,28)/t16-/m0/s1. The number of Topliss-reactive ketones (excluding diaryl/α,β-unsaturated/α-hetero) is 1. The second kappa shape index (κ2) is 10.2. The number of benzene rings is 2. The minimum Gasteiger partial charge on any atom is -0.452 e. The molecule has 0 unspecified atom stereocenters. The summed E-state index contributed by atoms with van der Waals surface area (Å²) in [5.41, 5.74) is 7.46. The lowest BCUT2D eigenvalue weighted by Gasteiger charge is -2.14. The minimum atomic E-state index is -1.12. The number of hydrogen-bond acceptors (Lipinski definition) is 5. The van der Waals surface area contributed by atoms with E-state index in [1.165, 1.54) is 6.92 Å². The molecule has 0 bridgehead atoms. The Kier molecular flexibility index (Phi) is 7.65. The lowest BCUT2D eigenvalue weighted by Crippen LogP contribution is -2.46. The number of hydrazine groups is 1. The molecule has 2 rings (SSSR count). The number of hydrogen-bond donors (Lipinski definition) is 2. The van der Waals surface area contributed by atoms with Gasteiger partial charge in [0.15, 0.2) is 11.9 Å². The average molecular weight is 396 g/mol. The summed E-state index contributed by atoms with van der Waals surface area (Å²) in [4.78, 5) is 48.0. The normalized spacial score (nSPS) is 11.3. The summed E-state index contributed by atoms with van der Waals surface area (Å²) in [6.45, 7) is 5.25. The second-order valence-corrected chi connectivity index (χ2v) is 6.66. The molecule has 0 radical (unpaired) electrons. The van der Waals surface area contributed by atoms with Gasteiger partial charge in [-0.3, -0.25) is 30.0 Å². The van der Waals surface area contributed by atoms with Gasteiger partial charge in [-0.1, -0.05) is 30.3 Å². The highest BCUT2D eigenvalue weighted by atomic mass is 16.5. The maximum atomic E-state index is 12.2. The molecule has 0 fully saturated rings. The van der Waals surface area contributed by atoms with Crippen molar-refractivity contribution in [2.45, 2.75) is 39.7 Å². The molecule has 2 amide bonds. The Labute approximate surface area is 169 Å². The van der Waals surface area contributed by atoms with E-state index in [9.17, 15) is 19.2 Å². The fraction of sp³-hybridized carbons (Fsp3) is 0.273. The highest BCUT2D eigenvalue weighted by Crippen LogP contribution is 2.13. The summed E-state index contributed by atoms with van der Waals surface area (Å²) >= 11 is 0. The first kappa shape index (κ1) is 21.8. The Morgan fingerprint density at radius 1 is 0.862 bits per heavy atom. The van der Waals surface area contributed by atoms with Crippen molar-refractivity contribution in [2.24, 2.45) is 0 Å². The van der Waals surface area contributed by atoms with Gasteiger partial charge in [-0.15, -0.1) is 0 Å². The van der Waals surface area contributed by atoms with Crippen LogP contribution in [0.3, 0.4) is 0 Å². The fourth-order valence-electron chi connectivity index (χ4n) is 2.47. The minimum absolute atomic E-state index is 0.0135. The van der Waals surface area contributed by atoms with Crippen LogP contribution in [0.15, 0.2) is 48.5 Å². The molecule has 0 aliphatic heterocycles.